The van der Waals surface area contributed by atoms with Crippen LogP contribution < -0.4 is 5.32 Å². The van der Waals surface area contributed by atoms with E-state index in [-0.39, 0.29) is 11.7 Å². The van der Waals surface area contributed by atoms with Crippen LogP contribution in [0.2, 0.25) is 0 Å². The quantitative estimate of drug-likeness (QED) is 0.884. The molecule has 1 atom stereocenters. The molecular formula is C14H13NO4. The summed E-state index contributed by atoms with van der Waals surface area (Å²) < 4.78 is 4.97. The number of carbonyl (C=O) groups excluding carboxylic acids is 1. The highest BCUT2D eigenvalue weighted by molar-refractivity contribution is 6.02. The van der Waals surface area contributed by atoms with Crippen molar-refractivity contribution in [2.75, 3.05) is 5.32 Å². The molecule has 0 spiro atoms. The lowest BCUT2D eigenvalue weighted by atomic mass is 10.0. The largest absolute Gasteiger partial charge is 0.481 e. The molecule has 1 heterocycles. The molecule has 2 aromatic rings. The van der Waals surface area contributed by atoms with Crippen LogP contribution >= 0.6 is 0 Å². The molecule has 0 radical (unpaired) electrons. The maximum atomic E-state index is 11.7. The van der Waals surface area contributed by atoms with Crippen LogP contribution in [0, 0.1) is 0 Å². The van der Waals surface area contributed by atoms with Crippen LogP contribution in [0.25, 0.3) is 0 Å². The number of aliphatic carboxylic acids is 1. The second-order valence-corrected chi connectivity index (χ2v) is 4.11. The van der Waals surface area contributed by atoms with Crippen LogP contribution in [0.5, 0.6) is 0 Å². The predicted molar refractivity (Wildman–Crippen MR) is 69.2 cm³/mol. The Hall–Kier alpha value is -2.56. The first kappa shape index (κ1) is 12.9. The van der Waals surface area contributed by atoms with Crippen molar-refractivity contribution >= 4 is 17.6 Å². The van der Waals surface area contributed by atoms with Crippen LogP contribution in [0.15, 0.2) is 47.1 Å². The zero-order chi connectivity index (χ0) is 13.8. The van der Waals surface area contributed by atoms with E-state index >= 15 is 0 Å². The number of amides is 1. The van der Waals surface area contributed by atoms with Crippen LogP contribution in [-0.4, -0.2) is 17.0 Å². The average molecular weight is 259 g/mol. The smallest absolute Gasteiger partial charge is 0.310 e. The molecule has 98 valence electrons. The van der Waals surface area contributed by atoms with E-state index in [4.69, 9.17) is 9.52 Å². The highest BCUT2D eigenvalue weighted by Gasteiger charge is 2.14. The lowest BCUT2D eigenvalue weighted by Crippen LogP contribution is -2.11. The maximum absolute atomic E-state index is 11.7. The zero-order valence-corrected chi connectivity index (χ0v) is 10.3. The molecule has 1 unspecified atom stereocenters. The normalized spacial score (nSPS) is 11.8. The summed E-state index contributed by atoms with van der Waals surface area (Å²) in [5.74, 6) is -1.57. The van der Waals surface area contributed by atoms with Crippen molar-refractivity contribution < 1.29 is 19.1 Å². The van der Waals surface area contributed by atoms with Crippen LogP contribution in [-0.2, 0) is 4.79 Å². The third-order valence-corrected chi connectivity index (χ3v) is 2.78. The predicted octanol–water partition coefficient (Wildman–Crippen LogP) is 2.72. The lowest BCUT2D eigenvalue weighted by Gasteiger charge is -2.08. The summed E-state index contributed by atoms with van der Waals surface area (Å²) >= 11 is 0. The number of anilines is 1. The number of hydrogen-bond donors (Lipinski definition) is 2. The van der Waals surface area contributed by atoms with E-state index < -0.39 is 11.9 Å². The minimum atomic E-state index is -0.882. The summed E-state index contributed by atoms with van der Waals surface area (Å²) in [6, 6.07) is 9.88. The molecule has 1 aromatic carbocycles. The second kappa shape index (κ2) is 5.39. The van der Waals surface area contributed by atoms with Crippen molar-refractivity contribution in [3.05, 3.63) is 54.0 Å². The number of hydrogen-bond acceptors (Lipinski definition) is 3. The highest BCUT2D eigenvalue weighted by atomic mass is 16.4. The van der Waals surface area contributed by atoms with Crippen LogP contribution in [0.3, 0.4) is 0 Å². The van der Waals surface area contributed by atoms with E-state index in [2.05, 4.69) is 5.32 Å². The first-order chi connectivity index (χ1) is 9.08. The third-order valence-electron chi connectivity index (χ3n) is 2.78. The maximum Gasteiger partial charge on any atom is 0.310 e. The lowest BCUT2D eigenvalue weighted by molar-refractivity contribution is -0.138. The van der Waals surface area contributed by atoms with E-state index in [1.807, 2.05) is 0 Å². The van der Waals surface area contributed by atoms with Crippen molar-refractivity contribution in [3.63, 3.8) is 0 Å². The molecule has 5 nitrogen and oxygen atoms in total. The van der Waals surface area contributed by atoms with Crippen molar-refractivity contribution in [2.24, 2.45) is 0 Å². The van der Waals surface area contributed by atoms with Crippen molar-refractivity contribution in [2.45, 2.75) is 12.8 Å². The van der Waals surface area contributed by atoms with Gasteiger partial charge in [0.2, 0.25) is 0 Å². The Kier molecular flexibility index (Phi) is 3.66. The number of carboxylic acids is 1. The molecule has 0 saturated carbocycles. The van der Waals surface area contributed by atoms with Crippen LogP contribution in [0.4, 0.5) is 5.69 Å². The van der Waals surface area contributed by atoms with Gasteiger partial charge in [0.1, 0.15) is 0 Å². The molecule has 2 N–H and O–H groups in total. The van der Waals surface area contributed by atoms with Gasteiger partial charge >= 0.3 is 5.97 Å². The topological polar surface area (TPSA) is 79.5 Å². The minimum absolute atomic E-state index is 0.225. The van der Waals surface area contributed by atoms with Gasteiger partial charge in [-0.15, -0.1) is 0 Å². The summed E-state index contributed by atoms with van der Waals surface area (Å²) in [6.45, 7) is 1.61. The SMILES string of the molecule is CC(C(=O)O)c1ccc(NC(=O)c2ccco2)cc1. The molecule has 0 bridgehead atoms. The van der Waals surface area contributed by atoms with E-state index in [9.17, 15) is 9.59 Å². The van der Waals surface area contributed by atoms with Crippen molar-refractivity contribution in [1.82, 2.24) is 0 Å². The molecule has 19 heavy (non-hydrogen) atoms. The van der Waals surface area contributed by atoms with Gasteiger partial charge in [-0.25, -0.2) is 0 Å². The van der Waals surface area contributed by atoms with Crippen molar-refractivity contribution in [3.8, 4) is 0 Å². The molecule has 0 aliphatic heterocycles. The Labute approximate surface area is 109 Å². The molecule has 0 aliphatic rings. The highest BCUT2D eigenvalue weighted by Crippen LogP contribution is 2.18. The molecule has 5 heteroatoms. The summed E-state index contributed by atoms with van der Waals surface area (Å²) in [5, 5.41) is 11.6. The molecule has 1 aromatic heterocycles. The number of rotatable bonds is 4. The number of carboxylic acid groups (broad SMARTS) is 1. The standard InChI is InChI=1S/C14H13NO4/c1-9(14(17)18)10-4-6-11(7-5-10)15-13(16)12-3-2-8-19-12/h2-9H,1H3,(H,15,16)(H,17,18). The minimum Gasteiger partial charge on any atom is -0.481 e. The monoisotopic (exact) mass is 259 g/mol. The fourth-order valence-corrected chi connectivity index (χ4v) is 1.60. The zero-order valence-electron chi connectivity index (χ0n) is 10.3. The van der Waals surface area contributed by atoms with Gasteiger partial charge in [0.25, 0.3) is 5.91 Å². The van der Waals surface area contributed by atoms with Gasteiger partial charge in [-0.05, 0) is 36.8 Å². The summed E-state index contributed by atoms with van der Waals surface area (Å²) in [4.78, 5) is 22.5. The van der Waals surface area contributed by atoms with Gasteiger partial charge in [0.05, 0.1) is 12.2 Å². The van der Waals surface area contributed by atoms with E-state index in [1.165, 1.54) is 6.26 Å². The Bertz CT molecular complexity index is 572. The first-order valence-electron chi connectivity index (χ1n) is 5.75. The number of nitrogens with one attached hydrogen (secondary N) is 1. The van der Waals surface area contributed by atoms with Gasteiger partial charge < -0.3 is 14.8 Å². The van der Waals surface area contributed by atoms with Crippen molar-refractivity contribution in [1.29, 1.82) is 0 Å². The Balaban J connectivity index is 2.07. The summed E-state index contributed by atoms with van der Waals surface area (Å²) in [7, 11) is 0. The van der Waals surface area contributed by atoms with Gasteiger partial charge in [-0.2, -0.15) is 0 Å². The molecule has 0 fully saturated rings. The third kappa shape index (κ3) is 3.01. The van der Waals surface area contributed by atoms with Gasteiger partial charge in [-0.1, -0.05) is 12.1 Å². The summed E-state index contributed by atoms with van der Waals surface area (Å²) in [5.41, 5.74) is 1.27. The van der Waals surface area contributed by atoms with Gasteiger partial charge in [0, 0.05) is 5.69 Å². The Morgan fingerprint density at radius 3 is 2.42 bits per heavy atom. The fraction of sp³-hybridized carbons (Fsp3) is 0.143. The molecule has 1 amide bonds. The van der Waals surface area contributed by atoms with E-state index in [0.29, 0.717) is 11.3 Å². The Morgan fingerprint density at radius 1 is 1.21 bits per heavy atom. The first-order valence-corrected chi connectivity index (χ1v) is 5.75. The Morgan fingerprint density at radius 2 is 1.89 bits per heavy atom. The molecule has 0 saturated heterocycles. The van der Waals surface area contributed by atoms with Crippen LogP contribution in [0.1, 0.15) is 29.0 Å². The van der Waals surface area contributed by atoms with Gasteiger partial charge in [0.15, 0.2) is 5.76 Å². The van der Waals surface area contributed by atoms with E-state index in [1.54, 1.807) is 43.3 Å². The fourth-order valence-electron chi connectivity index (χ4n) is 1.60. The number of benzene rings is 1. The van der Waals surface area contributed by atoms with E-state index in [0.717, 1.165) is 0 Å². The second-order valence-electron chi connectivity index (χ2n) is 4.11. The number of carbonyl (C=O) groups is 2. The number of furan rings is 1. The molecule has 2 rings (SSSR count). The average Bonchev–Trinajstić information content (AvgIpc) is 2.92. The molecular weight excluding hydrogens is 246 g/mol. The van der Waals surface area contributed by atoms with Gasteiger partial charge in [-0.3, -0.25) is 9.59 Å². The summed E-state index contributed by atoms with van der Waals surface area (Å²) in [6.07, 6.45) is 1.42. The molecule has 0 aliphatic carbocycles.